The second-order valence-electron chi connectivity index (χ2n) is 6.06. The maximum atomic E-state index is 12.1. The van der Waals surface area contributed by atoms with E-state index in [0.29, 0.717) is 23.5 Å². The molecule has 3 atom stereocenters. The maximum Gasteiger partial charge on any atom is 0.137 e. The van der Waals surface area contributed by atoms with Gasteiger partial charge in [0, 0.05) is 32.0 Å². The Morgan fingerprint density at radius 2 is 2.00 bits per heavy atom. The van der Waals surface area contributed by atoms with Gasteiger partial charge in [-0.05, 0) is 23.8 Å². The lowest BCUT2D eigenvalue weighted by Gasteiger charge is -2.27. The van der Waals surface area contributed by atoms with Crippen LogP contribution in [0.15, 0.2) is 30.3 Å². The maximum absolute atomic E-state index is 12.1. The van der Waals surface area contributed by atoms with Crippen LogP contribution in [0.5, 0.6) is 0 Å². The average molecular weight is 243 g/mol. The van der Waals surface area contributed by atoms with Crippen LogP contribution in [0.4, 0.5) is 0 Å². The number of likely N-dealkylation sites (tertiary alicyclic amines) is 1. The molecule has 1 saturated heterocycles. The van der Waals surface area contributed by atoms with Crippen molar-refractivity contribution in [1.29, 1.82) is 0 Å². The molecule has 0 amide bonds. The number of nitrogens with zero attached hydrogens (tertiary/aromatic N) is 1. The molecule has 1 aromatic rings. The van der Waals surface area contributed by atoms with E-state index in [1.165, 1.54) is 12.0 Å². The van der Waals surface area contributed by atoms with Crippen molar-refractivity contribution < 1.29 is 4.79 Å². The SMILES string of the molecule is C[C@H]1CC(=O)[C@@H]2CN(Cc3ccccc3)C[C@@H]2C1. The number of hydrogen-bond acceptors (Lipinski definition) is 2. The number of carbonyl (C=O) groups excluding carboxylic acids is 1. The van der Waals surface area contributed by atoms with Gasteiger partial charge in [-0.15, -0.1) is 0 Å². The molecule has 0 N–H and O–H groups in total. The number of ketones is 1. The Labute approximate surface area is 109 Å². The van der Waals surface area contributed by atoms with Gasteiger partial charge in [0.15, 0.2) is 0 Å². The first-order valence-corrected chi connectivity index (χ1v) is 7.01. The molecule has 1 aromatic carbocycles. The van der Waals surface area contributed by atoms with Gasteiger partial charge in [-0.3, -0.25) is 9.69 Å². The van der Waals surface area contributed by atoms with Gasteiger partial charge >= 0.3 is 0 Å². The van der Waals surface area contributed by atoms with Crippen molar-refractivity contribution in [2.75, 3.05) is 13.1 Å². The third kappa shape index (κ3) is 2.35. The first kappa shape index (κ1) is 11.9. The van der Waals surface area contributed by atoms with E-state index in [1.54, 1.807) is 0 Å². The van der Waals surface area contributed by atoms with Gasteiger partial charge in [0.2, 0.25) is 0 Å². The molecular formula is C16H21NO. The summed E-state index contributed by atoms with van der Waals surface area (Å²) in [5, 5.41) is 0. The fourth-order valence-electron chi connectivity index (χ4n) is 3.63. The van der Waals surface area contributed by atoms with Crippen LogP contribution >= 0.6 is 0 Å². The van der Waals surface area contributed by atoms with Gasteiger partial charge < -0.3 is 0 Å². The molecular weight excluding hydrogens is 222 g/mol. The highest BCUT2D eigenvalue weighted by Crippen LogP contribution is 2.37. The fourth-order valence-corrected chi connectivity index (χ4v) is 3.63. The van der Waals surface area contributed by atoms with Crippen molar-refractivity contribution in [3.05, 3.63) is 35.9 Å². The van der Waals surface area contributed by atoms with Gasteiger partial charge in [-0.25, -0.2) is 0 Å². The summed E-state index contributed by atoms with van der Waals surface area (Å²) in [5.41, 5.74) is 1.36. The molecule has 0 unspecified atom stereocenters. The van der Waals surface area contributed by atoms with Crippen LogP contribution in [0.1, 0.15) is 25.3 Å². The monoisotopic (exact) mass is 243 g/mol. The third-order valence-electron chi connectivity index (χ3n) is 4.43. The van der Waals surface area contributed by atoms with Crippen molar-refractivity contribution in [2.24, 2.45) is 17.8 Å². The molecule has 0 bridgehead atoms. The fraction of sp³-hybridized carbons (Fsp3) is 0.562. The average Bonchev–Trinajstić information content (AvgIpc) is 2.73. The highest BCUT2D eigenvalue weighted by atomic mass is 16.1. The number of benzene rings is 1. The minimum Gasteiger partial charge on any atom is -0.299 e. The second-order valence-corrected chi connectivity index (χ2v) is 6.06. The zero-order valence-corrected chi connectivity index (χ0v) is 11.0. The Bertz CT molecular complexity index is 428. The van der Waals surface area contributed by atoms with E-state index in [0.717, 1.165) is 26.1 Å². The predicted molar refractivity (Wildman–Crippen MR) is 72.1 cm³/mol. The normalized spacial score (nSPS) is 32.5. The van der Waals surface area contributed by atoms with Crippen LogP contribution in [-0.2, 0) is 11.3 Å². The van der Waals surface area contributed by atoms with Crippen LogP contribution in [0.25, 0.3) is 0 Å². The minimum absolute atomic E-state index is 0.324. The molecule has 1 aliphatic heterocycles. The van der Waals surface area contributed by atoms with Crippen LogP contribution in [0.3, 0.4) is 0 Å². The van der Waals surface area contributed by atoms with Crippen LogP contribution < -0.4 is 0 Å². The Morgan fingerprint density at radius 3 is 2.78 bits per heavy atom. The molecule has 96 valence electrons. The largest absolute Gasteiger partial charge is 0.299 e. The van der Waals surface area contributed by atoms with E-state index in [2.05, 4.69) is 42.2 Å². The molecule has 1 aliphatic carbocycles. The van der Waals surface area contributed by atoms with Crippen molar-refractivity contribution in [3.8, 4) is 0 Å². The van der Waals surface area contributed by atoms with Crippen LogP contribution in [-0.4, -0.2) is 23.8 Å². The van der Waals surface area contributed by atoms with Crippen LogP contribution in [0.2, 0.25) is 0 Å². The van der Waals surface area contributed by atoms with Gasteiger partial charge in [-0.1, -0.05) is 37.3 Å². The summed E-state index contributed by atoms with van der Waals surface area (Å²) in [7, 11) is 0. The summed E-state index contributed by atoms with van der Waals surface area (Å²) in [6.07, 6.45) is 2.04. The van der Waals surface area contributed by atoms with E-state index in [4.69, 9.17) is 0 Å². The van der Waals surface area contributed by atoms with Gasteiger partial charge in [0.05, 0.1) is 0 Å². The Balaban J connectivity index is 1.66. The summed E-state index contributed by atoms with van der Waals surface area (Å²) >= 11 is 0. The summed E-state index contributed by atoms with van der Waals surface area (Å²) < 4.78 is 0. The number of fused-ring (bicyclic) bond motifs is 1. The Hall–Kier alpha value is -1.15. The smallest absolute Gasteiger partial charge is 0.137 e. The number of hydrogen-bond donors (Lipinski definition) is 0. The zero-order valence-electron chi connectivity index (χ0n) is 11.0. The van der Waals surface area contributed by atoms with Gasteiger partial charge in [0.1, 0.15) is 5.78 Å². The number of Topliss-reactive ketones (excluding diaryl/α,β-unsaturated/α-hetero) is 1. The molecule has 1 saturated carbocycles. The summed E-state index contributed by atoms with van der Waals surface area (Å²) in [6.45, 7) is 5.30. The summed E-state index contributed by atoms with van der Waals surface area (Å²) in [4.78, 5) is 14.5. The lowest BCUT2D eigenvalue weighted by atomic mass is 9.76. The molecule has 2 heteroatoms. The number of rotatable bonds is 2. The third-order valence-corrected chi connectivity index (χ3v) is 4.43. The quantitative estimate of drug-likeness (QED) is 0.796. The molecule has 2 nitrogen and oxygen atoms in total. The molecule has 1 heterocycles. The lowest BCUT2D eigenvalue weighted by molar-refractivity contribution is -0.126. The highest BCUT2D eigenvalue weighted by Gasteiger charge is 2.41. The van der Waals surface area contributed by atoms with E-state index in [-0.39, 0.29) is 0 Å². The topological polar surface area (TPSA) is 20.3 Å². The van der Waals surface area contributed by atoms with E-state index in [1.807, 2.05) is 0 Å². The lowest BCUT2D eigenvalue weighted by Crippen LogP contribution is -2.31. The molecule has 3 rings (SSSR count). The van der Waals surface area contributed by atoms with Crippen LogP contribution in [0, 0.1) is 17.8 Å². The van der Waals surface area contributed by atoms with Crippen molar-refractivity contribution >= 4 is 5.78 Å². The van der Waals surface area contributed by atoms with Crippen molar-refractivity contribution in [3.63, 3.8) is 0 Å². The van der Waals surface area contributed by atoms with E-state index in [9.17, 15) is 4.79 Å². The molecule has 2 fully saturated rings. The van der Waals surface area contributed by atoms with E-state index < -0.39 is 0 Å². The Kier molecular flexibility index (Phi) is 3.21. The standard InChI is InChI=1S/C16H21NO/c1-12-7-14-10-17(11-15(14)16(18)8-12)9-13-5-3-2-4-6-13/h2-6,12,14-15H,7-11H2,1H3/t12-,14+,15-/m1/s1. The van der Waals surface area contributed by atoms with Crippen molar-refractivity contribution in [2.45, 2.75) is 26.3 Å². The molecule has 0 spiro atoms. The van der Waals surface area contributed by atoms with Gasteiger partial charge in [-0.2, -0.15) is 0 Å². The molecule has 0 radical (unpaired) electrons. The molecule has 18 heavy (non-hydrogen) atoms. The molecule has 0 aromatic heterocycles. The predicted octanol–water partition coefficient (Wildman–Crippen LogP) is 2.73. The highest BCUT2D eigenvalue weighted by molar-refractivity contribution is 5.82. The zero-order chi connectivity index (χ0) is 12.5. The van der Waals surface area contributed by atoms with Crippen molar-refractivity contribution in [1.82, 2.24) is 4.90 Å². The summed E-state index contributed by atoms with van der Waals surface area (Å²) in [5.74, 6) is 2.04. The molecule has 2 aliphatic rings. The second kappa shape index (κ2) is 4.85. The number of carbonyl (C=O) groups is 1. The minimum atomic E-state index is 0.324. The first-order valence-electron chi connectivity index (χ1n) is 7.01. The van der Waals surface area contributed by atoms with Gasteiger partial charge in [0.25, 0.3) is 0 Å². The first-order chi connectivity index (χ1) is 8.72. The Morgan fingerprint density at radius 1 is 1.22 bits per heavy atom. The summed E-state index contributed by atoms with van der Waals surface area (Å²) in [6, 6.07) is 10.6. The van der Waals surface area contributed by atoms with E-state index >= 15 is 0 Å².